The quantitative estimate of drug-likeness (QED) is 0.699. The lowest BCUT2D eigenvalue weighted by Crippen LogP contribution is -2.34. The van der Waals surface area contributed by atoms with Crippen molar-refractivity contribution in [3.8, 4) is 11.4 Å². The zero-order chi connectivity index (χ0) is 19.2. The van der Waals surface area contributed by atoms with E-state index in [1.54, 1.807) is 7.11 Å². The van der Waals surface area contributed by atoms with E-state index in [1.807, 2.05) is 91.7 Å². The highest BCUT2D eigenvalue weighted by Gasteiger charge is 2.16. The predicted octanol–water partition coefficient (Wildman–Crippen LogP) is 3.52. The number of carbonyl (C=O) groups is 1. The molecule has 0 aliphatic carbocycles. The fraction of sp³-hybridized carbons (Fsp3) is 0.227. The van der Waals surface area contributed by atoms with Gasteiger partial charge < -0.3 is 19.5 Å². The number of carbonyl (C=O) groups excluding carboxylic acids is 1. The number of benzene rings is 2. The summed E-state index contributed by atoms with van der Waals surface area (Å²) < 4.78 is 7.22. The van der Waals surface area contributed by atoms with E-state index in [4.69, 9.17) is 4.74 Å². The summed E-state index contributed by atoms with van der Waals surface area (Å²) in [6.07, 6.45) is 3.96. The van der Waals surface area contributed by atoms with Crippen molar-refractivity contribution in [2.45, 2.75) is 6.04 Å². The molecule has 1 heterocycles. The normalized spacial score (nSPS) is 12.0. The van der Waals surface area contributed by atoms with Crippen LogP contribution in [-0.2, 0) is 0 Å². The topological polar surface area (TPSA) is 46.5 Å². The molecule has 0 fully saturated rings. The van der Waals surface area contributed by atoms with Crippen LogP contribution in [0.4, 0.5) is 0 Å². The second kappa shape index (κ2) is 8.56. The van der Waals surface area contributed by atoms with Crippen LogP contribution < -0.4 is 10.1 Å². The average molecular weight is 363 g/mol. The van der Waals surface area contributed by atoms with Gasteiger partial charge in [0.15, 0.2) is 0 Å². The number of nitrogens with zero attached hydrogens (tertiary/aromatic N) is 2. The molecule has 3 rings (SSSR count). The molecule has 140 valence electrons. The van der Waals surface area contributed by atoms with Gasteiger partial charge in [-0.15, -0.1) is 0 Å². The molecule has 5 nitrogen and oxygen atoms in total. The maximum Gasteiger partial charge on any atom is 0.251 e. The van der Waals surface area contributed by atoms with E-state index >= 15 is 0 Å². The molecule has 27 heavy (non-hydrogen) atoms. The van der Waals surface area contributed by atoms with Crippen molar-refractivity contribution < 1.29 is 9.53 Å². The van der Waals surface area contributed by atoms with Crippen LogP contribution in [-0.4, -0.2) is 43.1 Å². The van der Waals surface area contributed by atoms with Crippen molar-refractivity contribution in [2.24, 2.45) is 0 Å². The third-order valence-corrected chi connectivity index (χ3v) is 4.61. The Labute approximate surface area is 160 Å². The maximum absolute atomic E-state index is 12.5. The first-order chi connectivity index (χ1) is 13.1. The summed E-state index contributed by atoms with van der Waals surface area (Å²) in [5.41, 5.74) is 2.81. The Morgan fingerprint density at radius 2 is 1.67 bits per heavy atom. The molecule has 1 atom stereocenters. The summed E-state index contributed by atoms with van der Waals surface area (Å²) in [6.45, 7) is 0.525. The Morgan fingerprint density at radius 3 is 2.22 bits per heavy atom. The molecule has 1 unspecified atom stereocenters. The zero-order valence-electron chi connectivity index (χ0n) is 15.9. The number of amides is 1. The lowest BCUT2D eigenvalue weighted by atomic mass is 10.1. The highest BCUT2D eigenvalue weighted by Crippen LogP contribution is 2.21. The van der Waals surface area contributed by atoms with Gasteiger partial charge in [0.25, 0.3) is 5.91 Å². The van der Waals surface area contributed by atoms with E-state index in [0.29, 0.717) is 12.1 Å². The van der Waals surface area contributed by atoms with Crippen molar-refractivity contribution in [3.05, 3.63) is 84.2 Å². The maximum atomic E-state index is 12.5. The summed E-state index contributed by atoms with van der Waals surface area (Å²) in [7, 11) is 5.67. The number of aromatic nitrogens is 1. The Bertz CT molecular complexity index is 854. The number of methoxy groups -OCH3 is 1. The molecule has 1 amide bonds. The summed E-state index contributed by atoms with van der Waals surface area (Å²) in [4.78, 5) is 14.6. The van der Waals surface area contributed by atoms with Gasteiger partial charge in [0.05, 0.1) is 13.2 Å². The molecule has 2 aromatic carbocycles. The van der Waals surface area contributed by atoms with Crippen LogP contribution in [0.3, 0.4) is 0 Å². The van der Waals surface area contributed by atoms with Crippen molar-refractivity contribution >= 4 is 5.91 Å². The minimum absolute atomic E-state index is 0.0746. The highest BCUT2D eigenvalue weighted by molar-refractivity contribution is 5.94. The van der Waals surface area contributed by atoms with Gasteiger partial charge in [-0.05, 0) is 68.2 Å². The van der Waals surface area contributed by atoms with E-state index in [2.05, 4.69) is 10.2 Å². The van der Waals surface area contributed by atoms with Crippen LogP contribution in [0.25, 0.3) is 5.69 Å². The molecule has 0 saturated carbocycles. The molecule has 0 saturated heterocycles. The first-order valence-electron chi connectivity index (χ1n) is 8.90. The minimum atomic E-state index is -0.0746. The summed E-state index contributed by atoms with van der Waals surface area (Å²) >= 11 is 0. The second-order valence-electron chi connectivity index (χ2n) is 6.60. The van der Waals surface area contributed by atoms with Crippen LogP contribution in [0.15, 0.2) is 73.1 Å². The monoisotopic (exact) mass is 363 g/mol. The molecular weight excluding hydrogens is 338 g/mol. The van der Waals surface area contributed by atoms with Crippen LogP contribution in [0, 0.1) is 0 Å². The summed E-state index contributed by atoms with van der Waals surface area (Å²) in [6, 6.07) is 19.6. The van der Waals surface area contributed by atoms with Crippen LogP contribution >= 0.6 is 0 Å². The van der Waals surface area contributed by atoms with Gasteiger partial charge in [0.1, 0.15) is 5.75 Å². The number of hydrogen-bond donors (Lipinski definition) is 1. The second-order valence-corrected chi connectivity index (χ2v) is 6.60. The predicted molar refractivity (Wildman–Crippen MR) is 108 cm³/mol. The molecule has 0 spiro atoms. The van der Waals surface area contributed by atoms with E-state index in [0.717, 1.165) is 17.0 Å². The smallest absolute Gasteiger partial charge is 0.251 e. The Hall–Kier alpha value is -3.05. The first-order valence-corrected chi connectivity index (χ1v) is 8.90. The molecule has 3 aromatic rings. The standard InChI is InChI=1S/C22H25N3O2/c1-24(2)21(17-8-12-20(27-3)13-9-17)16-23-22(26)18-6-10-19(11-7-18)25-14-4-5-15-25/h4-15,21H,16H2,1-3H3,(H,23,26). The largest absolute Gasteiger partial charge is 0.497 e. The Balaban J connectivity index is 1.65. The fourth-order valence-electron chi connectivity index (χ4n) is 3.01. The van der Waals surface area contributed by atoms with Crippen molar-refractivity contribution in [1.82, 2.24) is 14.8 Å². The molecular formula is C22H25N3O2. The van der Waals surface area contributed by atoms with Gasteiger partial charge in [-0.1, -0.05) is 12.1 Å². The number of nitrogens with one attached hydrogen (secondary N) is 1. The molecule has 0 bridgehead atoms. The van der Waals surface area contributed by atoms with Gasteiger partial charge in [-0.3, -0.25) is 4.79 Å². The molecule has 5 heteroatoms. The number of rotatable bonds is 7. The van der Waals surface area contributed by atoms with Gasteiger partial charge in [-0.2, -0.15) is 0 Å². The van der Waals surface area contributed by atoms with Gasteiger partial charge >= 0.3 is 0 Å². The zero-order valence-corrected chi connectivity index (χ0v) is 15.9. The van der Waals surface area contributed by atoms with Crippen molar-refractivity contribution in [3.63, 3.8) is 0 Å². The third kappa shape index (κ3) is 4.57. The van der Waals surface area contributed by atoms with Crippen molar-refractivity contribution in [2.75, 3.05) is 27.7 Å². The van der Waals surface area contributed by atoms with Gasteiger partial charge in [0.2, 0.25) is 0 Å². The van der Waals surface area contributed by atoms with Gasteiger partial charge in [0, 0.05) is 30.2 Å². The van der Waals surface area contributed by atoms with Crippen LogP contribution in [0.1, 0.15) is 22.0 Å². The lowest BCUT2D eigenvalue weighted by molar-refractivity contribution is 0.0942. The van der Waals surface area contributed by atoms with Gasteiger partial charge in [-0.25, -0.2) is 0 Å². The van der Waals surface area contributed by atoms with E-state index < -0.39 is 0 Å². The number of likely N-dealkylation sites (N-methyl/N-ethyl adjacent to an activating group) is 1. The highest BCUT2D eigenvalue weighted by atomic mass is 16.5. The van der Waals surface area contributed by atoms with E-state index in [-0.39, 0.29) is 11.9 Å². The SMILES string of the molecule is COc1ccc(C(CNC(=O)c2ccc(-n3cccc3)cc2)N(C)C)cc1. The van der Waals surface area contributed by atoms with Crippen LogP contribution in [0.5, 0.6) is 5.75 Å². The number of hydrogen-bond acceptors (Lipinski definition) is 3. The minimum Gasteiger partial charge on any atom is -0.497 e. The van der Waals surface area contributed by atoms with E-state index in [9.17, 15) is 4.79 Å². The summed E-state index contributed by atoms with van der Waals surface area (Å²) in [5.74, 6) is 0.748. The molecule has 1 N–H and O–H groups in total. The molecule has 0 aliphatic heterocycles. The molecule has 0 aliphatic rings. The number of ether oxygens (including phenoxy) is 1. The Kier molecular flexibility index (Phi) is 5.94. The fourth-order valence-corrected chi connectivity index (χ4v) is 3.01. The van der Waals surface area contributed by atoms with Crippen LogP contribution in [0.2, 0.25) is 0 Å². The Morgan fingerprint density at radius 1 is 1.04 bits per heavy atom. The van der Waals surface area contributed by atoms with Crippen molar-refractivity contribution in [1.29, 1.82) is 0 Å². The van der Waals surface area contributed by atoms with E-state index in [1.165, 1.54) is 0 Å². The average Bonchev–Trinajstić information content (AvgIpc) is 3.23. The summed E-state index contributed by atoms with van der Waals surface area (Å²) in [5, 5.41) is 3.04. The lowest BCUT2D eigenvalue weighted by Gasteiger charge is -2.25. The molecule has 1 aromatic heterocycles. The third-order valence-electron chi connectivity index (χ3n) is 4.61. The molecule has 0 radical (unpaired) electrons. The first kappa shape index (κ1) is 18.7.